The molecular formula is C23H33N3O5. The first-order chi connectivity index (χ1) is 14.8. The van der Waals surface area contributed by atoms with Gasteiger partial charge in [-0.3, -0.25) is 14.4 Å². The van der Waals surface area contributed by atoms with E-state index in [4.69, 9.17) is 9.47 Å². The molecule has 31 heavy (non-hydrogen) atoms. The van der Waals surface area contributed by atoms with Crippen LogP contribution in [-0.4, -0.2) is 50.6 Å². The van der Waals surface area contributed by atoms with E-state index >= 15 is 0 Å². The number of anilines is 1. The molecule has 8 heteroatoms. The molecule has 1 saturated carbocycles. The zero-order valence-electron chi connectivity index (χ0n) is 18.8. The molecule has 8 nitrogen and oxygen atoms in total. The number of carbonyl (C=O) groups excluding carboxylic acids is 3. The number of hydrogen-bond donors (Lipinski definition) is 2. The second-order valence-corrected chi connectivity index (χ2v) is 8.66. The number of nitrogens with zero attached hydrogens (tertiary/aromatic N) is 1. The number of nitrogens with one attached hydrogen (secondary N) is 2. The Morgan fingerprint density at radius 3 is 2.45 bits per heavy atom. The molecule has 2 unspecified atom stereocenters. The highest BCUT2D eigenvalue weighted by Crippen LogP contribution is 2.35. The minimum absolute atomic E-state index is 0.0553. The molecule has 2 aliphatic rings. The highest BCUT2D eigenvalue weighted by atomic mass is 16.5. The van der Waals surface area contributed by atoms with Gasteiger partial charge in [-0.15, -0.1) is 0 Å². The molecule has 1 aromatic carbocycles. The minimum atomic E-state index is -0.618. The fourth-order valence-corrected chi connectivity index (χ4v) is 4.29. The summed E-state index contributed by atoms with van der Waals surface area (Å²) >= 11 is 0. The van der Waals surface area contributed by atoms with Crippen LogP contribution in [0.15, 0.2) is 18.2 Å². The molecule has 0 aromatic heterocycles. The van der Waals surface area contributed by atoms with Crippen molar-refractivity contribution in [3.8, 4) is 11.5 Å². The van der Waals surface area contributed by atoms with Crippen molar-refractivity contribution in [3.05, 3.63) is 18.2 Å². The van der Waals surface area contributed by atoms with Crippen LogP contribution in [-0.2, 0) is 14.4 Å². The maximum Gasteiger partial charge on any atom is 0.243 e. The van der Waals surface area contributed by atoms with Crippen LogP contribution >= 0.6 is 0 Å². The van der Waals surface area contributed by atoms with Gasteiger partial charge in [0.2, 0.25) is 17.7 Å². The van der Waals surface area contributed by atoms with E-state index < -0.39 is 12.0 Å². The van der Waals surface area contributed by atoms with Crippen LogP contribution in [0.3, 0.4) is 0 Å². The first-order valence-electron chi connectivity index (χ1n) is 11.0. The highest BCUT2D eigenvalue weighted by molar-refractivity contribution is 6.02. The van der Waals surface area contributed by atoms with Gasteiger partial charge in [0.1, 0.15) is 17.5 Å². The summed E-state index contributed by atoms with van der Waals surface area (Å²) < 4.78 is 10.6. The van der Waals surface area contributed by atoms with E-state index in [1.165, 1.54) is 7.11 Å². The molecule has 0 bridgehead atoms. The van der Waals surface area contributed by atoms with Crippen molar-refractivity contribution in [2.75, 3.05) is 25.7 Å². The number of ether oxygens (including phenoxy) is 2. The van der Waals surface area contributed by atoms with E-state index in [-0.39, 0.29) is 42.6 Å². The SMILES string of the molecule is COc1ccc(N2CC(C(=O)NC(C(=O)NC3CCCC3)C(C)C)CC2=O)c(OC)c1. The molecule has 1 aliphatic heterocycles. The highest BCUT2D eigenvalue weighted by Gasteiger charge is 2.38. The van der Waals surface area contributed by atoms with E-state index in [1.807, 2.05) is 13.8 Å². The number of carbonyl (C=O) groups is 3. The van der Waals surface area contributed by atoms with E-state index in [2.05, 4.69) is 10.6 Å². The van der Waals surface area contributed by atoms with Gasteiger partial charge in [0, 0.05) is 25.1 Å². The number of rotatable bonds is 8. The van der Waals surface area contributed by atoms with Crippen LogP contribution in [0.1, 0.15) is 46.0 Å². The molecule has 3 rings (SSSR count). The number of benzene rings is 1. The van der Waals surface area contributed by atoms with Crippen LogP contribution in [0.4, 0.5) is 5.69 Å². The first-order valence-corrected chi connectivity index (χ1v) is 11.0. The van der Waals surface area contributed by atoms with Gasteiger partial charge in [-0.25, -0.2) is 0 Å². The summed E-state index contributed by atoms with van der Waals surface area (Å²) in [5.74, 6) is -0.0311. The van der Waals surface area contributed by atoms with Crippen molar-refractivity contribution in [3.63, 3.8) is 0 Å². The zero-order chi connectivity index (χ0) is 22.5. The third kappa shape index (κ3) is 5.29. The standard InChI is InChI=1S/C23H33N3O5/c1-14(2)21(23(29)24-16-7-5-6-8-16)25-22(28)15-11-20(27)26(13-15)18-10-9-17(30-3)12-19(18)31-4/h9-10,12,14-16,21H,5-8,11,13H2,1-4H3,(H,24,29)(H,25,28). The Morgan fingerprint density at radius 2 is 1.84 bits per heavy atom. The molecule has 1 saturated heterocycles. The van der Waals surface area contributed by atoms with Gasteiger partial charge in [0.25, 0.3) is 0 Å². The summed E-state index contributed by atoms with van der Waals surface area (Å²) in [5, 5.41) is 5.96. The zero-order valence-corrected chi connectivity index (χ0v) is 18.8. The minimum Gasteiger partial charge on any atom is -0.497 e. The maximum atomic E-state index is 13.0. The second-order valence-electron chi connectivity index (χ2n) is 8.66. The number of methoxy groups -OCH3 is 2. The third-order valence-electron chi connectivity index (χ3n) is 6.12. The van der Waals surface area contributed by atoms with E-state index in [0.29, 0.717) is 17.2 Å². The van der Waals surface area contributed by atoms with Crippen molar-refractivity contribution in [1.29, 1.82) is 0 Å². The molecule has 1 heterocycles. The predicted octanol–water partition coefficient (Wildman–Crippen LogP) is 2.26. The molecule has 0 spiro atoms. The van der Waals surface area contributed by atoms with Gasteiger partial charge >= 0.3 is 0 Å². The van der Waals surface area contributed by atoms with Gasteiger partial charge in [-0.05, 0) is 30.9 Å². The molecule has 2 atom stereocenters. The van der Waals surface area contributed by atoms with Crippen molar-refractivity contribution in [1.82, 2.24) is 10.6 Å². The quantitative estimate of drug-likeness (QED) is 0.658. The number of hydrogen-bond acceptors (Lipinski definition) is 5. The molecule has 2 fully saturated rings. The first kappa shape index (κ1) is 22.9. The molecule has 2 N–H and O–H groups in total. The van der Waals surface area contributed by atoms with Gasteiger partial charge in [0.15, 0.2) is 0 Å². The Hall–Kier alpha value is -2.77. The van der Waals surface area contributed by atoms with E-state index in [9.17, 15) is 14.4 Å². The molecule has 1 aliphatic carbocycles. The third-order valence-corrected chi connectivity index (χ3v) is 6.12. The lowest BCUT2D eigenvalue weighted by molar-refractivity contribution is -0.132. The second kappa shape index (κ2) is 10.0. The molecular weight excluding hydrogens is 398 g/mol. The lowest BCUT2D eigenvalue weighted by Crippen LogP contribution is -2.53. The largest absolute Gasteiger partial charge is 0.497 e. The number of amides is 3. The van der Waals surface area contributed by atoms with Gasteiger partial charge in [0.05, 0.1) is 25.8 Å². The van der Waals surface area contributed by atoms with Crippen LogP contribution in [0.5, 0.6) is 11.5 Å². The Labute approximate surface area is 183 Å². The summed E-state index contributed by atoms with van der Waals surface area (Å²) in [5.41, 5.74) is 0.600. The van der Waals surface area contributed by atoms with Crippen LogP contribution in [0, 0.1) is 11.8 Å². The summed E-state index contributed by atoms with van der Waals surface area (Å²) in [6, 6.07) is 4.78. The Balaban J connectivity index is 1.66. The molecule has 170 valence electrons. The molecule has 1 aromatic rings. The average molecular weight is 432 g/mol. The van der Waals surface area contributed by atoms with Gasteiger partial charge in [-0.1, -0.05) is 26.7 Å². The van der Waals surface area contributed by atoms with Gasteiger partial charge < -0.3 is 25.0 Å². The van der Waals surface area contributed by atoms with E-state index in [1.54, 1.807) is 30.2 Å². The summed E-state index contributed by atoms with van der Waals surface area (Å²) in [6.07, 6.45) is 4.31. The predicted molar refractivity (Wildman–Crippen MR) is 117 cm³/mol. The Bertz CT molecular complexity index is 819. The Morgan fingerprint density at radius 1 is 1.13 bits per heavy atom. The lowest BCUT2D eigenvalue weighted by atomic mass is 10.0. The summed E-state index contributed by atoms with van der Waals surface area (Å²) in [7, 11) is 3.09. The van der Waals surface area contributed by atoms with Gasteiger partial charge in [-0.2, -0.15) is 0 Å². The van der Waals surface area contributed by atoms with Crippen LogP contribution < -0.4 is 25.0 Å². The van der Waals surface area contributed by atoms with Crippen LogP contribution in [0.25, 0.3) is 0 Å². The normalized spacial score (nSPS) is 20.1. The lowest BCUT2D eigenvalue weighted by Gasteiger charge is -2.25. The fraction of sp³-hybridized carbons (Fsp3) is 0.609. The van der Waals surface area contributed by atoms with Crippen molar-refractivity contribution >= 4 is 23.4 Å². The molecule has 3 amide bonds. The average Bonchev–Trinajstić information content (AvgIpc) is 3.40. The monoisotopic (exact) mass is 431 g/mol. The van der Waals surface area contributed by atoms with Crippen molar-refractivity contribution in [2.45, 2.75) is 58.0 Å². The molecule has 0 radical (unpaired) electrons. The summed E-state index contributed by atoms with van der Waals surface area (Å²) in [4.78, 5) is 39.9. The van der Waals surface area contributed by atoms with E-state index in [0.717, 1.165) is 25.7 Å². The summed E-state index contributed by atoms with van der Waals surface area (Å²) in [6.45, 7) is 4.06. The fourth-order valence-electron chi connectivity index (χ4n) is 4.29. The van der Waals surface area contributed by atoms with Crippen molar-refractivity contribution in [2.24, 2.45) is 11.8 Å². The smallest absolute Gasteiger partial charge is 0.243 e. The van der Waals surface area contributed by atoms with Crippen molar-refractivity contribution < 1.29 is 23.9 Å². The topological polar surface area (TPSA) is 97.0 Å². The maximum absolute atomic E-state index is 13.0. The van der Waals surface area contributed by atoms with Crippen LogP contribution in [0.2, 0.25) is 0 Å². The Kier molecular flexibility index (Phi) is 7.41.